The molecule has 0 atom stereocenters. The quantitative estimate of drug-likeness (QED) is 0.566. The molecule has 3 rings (SSSR count). The lowest BCUT2D eigenvalue weighted by Crippen LogP contribution is -2.15. The number of methoxy groups -OCH3 is 3. The molecule has 0 saturated heterocycles. The van der Waals surface area contributed by atoms with E-state index in [1.54, 1.807) is 39.5 Å². The predicted molar refractivity (Wildman–Crippen MR) is 112 cm³/mol. The van der Waals surface area contributed by atoms with Crippen molar-refractivity contribution in [3.8, 4) is 22.9 Å². The van der Waals surface area contributed by atoms with Crippen LogP contribution in [0.2, 0.25) is 0 Å². The molecule has 0 saturated carbocycles. The Hall–Kier alpha value is -3.20. The first-order valence-corrected chi connectivity index (χ1v) is 9.75. The predicted octanol–water partition coefficient (Wildman–Crippen LogP) is 3.33. The summed E-state index contributed by atoms with van der Waals surface area (Å²) in [7, 11) is 4.74. The number of nitrogens with one attached hydrogen (secondary N) is 1. The molecule has 0 fully saturated rings. The van der Waals surface area contributed by atoms with Crippen molar-refractivity contribution in [1.82, 2.24) is 14.8 Å². The second kappa shape index (κ2) is 9.33. The Morgan fingerprint density at radius 2 is 1.69 bits per heavy atom. The van der Waals surface area contributed by atoms with E-state index in [4.69, 9.17) is 14.2 Å². The number of amides is 1. The molecule has 0 aliphatic rings. The molecule has 3 aromatic rings. The lowest BCUT2D eigenvalue weighted by Gasteiger charge is -2.12. The fraction of sp³-hybridized carbons (Fsp3) is 0.250. The molecule has 1 heterocycles. The van der Waals surface area contributed by atoms with Crippen LogP contribution in [0.4, 0.5) is 5.69 Å². The Labute approximate surface area is 173 Å². The molecule has 0 spiro atoms. The molecule has 29 heavy (non-hydrogen) atoms. The van der Waals surface area contributed by atoms with Crippen LogP contribution in [0.25, 0.3) is 5.69 Å². The molecule has 1 N–H and O–H groups in total. The highest BCUT2D eigenvalue weighted by molar-refractivity contribution is 7.99. The summed E-state index contributed by atoms with van der Waals surface area (Å²) in [5.41, 5.74) is 1.47. The van der Waals surface area contributed by atoms with Gasteiger partial charge in [0.1, 0.15) is 23.1 Å². The number of carbonyl (C=O) groups is 1. The fourth-order valence-corrected chi connectivity index (χ4v) is 3.48. The van der Waals surface area contributed by atoms with Crippen LogP contribution in [0.15, 0.2) is 47.6 Å². The first kappa shape index (κ1) is 20.5. The number of thioether (sulfide) groups is 1. The monoisotopic (exact) mass is 414 g/mol. The summed E-state index contributed by atoms with van der Waals surface area (Å²) < 4.78 is 17.6. The molecule has 0 aliphatic carbocycles. The number of ether oxygens (including phenoxy) is 3. The number of aryl methyl sites for hydroxylation is 1. The van der Waals surface area contributed by atoms with Crippen LogP contribution >= 0.6 is 11.8 Å². The Morgan fingerprint density at radius 1 is 1.00 bits per heavy atom. The van der Waals surface area contributed by atoms with E-state index in [1.807, 2.05) is 35.8 Å². The number of anilines is 1. The van der Waals surface area contributed by atoms with Crippen molar-refractivity contribution in [2.75, 3.05) is 32.4 Å². The molecule has 0 radical (unpaired) electrons. The fourth-order valence-electron chi connectivity index (χ4n) is 2.68. The standard InChI is InChI=1S/C20H22N4O4S/c1-13-22-23-20(24(13)14-5-7-15(26-2)8-6-14)29-12-19(25)21-17-10-9-16(27-3)11-18(17)28-4/h5-11H,12H2,1-4H3,(H,21,25). The molecule has 2 aromatic carbocycles. The number of rotatable bonds is 8. The minimum absolute atomic E-state index is 0.170. The summed E-state index contributed by atoms with van der Waals surface area (Å²) in [4.78, 5) is 12.5. The largest absolute Gasteiger partial charge is 0.497 e. The molecule has 9 heteroatoms. The molecule has 8 nitrogen and oxygen atoms in total. The van der Waals surface area contributed by atoms with Crippen LogP contribution in [0.5, 0.6) is 17.2 Å². The number of benzene rings is 2. The highest BCUT2D eigenvalue weighted by atomic mass is 32.2. The van der Waals surface area contributed by atoms with E-state index in [2.05, 4.69) is 15.5 Å². The minimum Gasteiger partial charge on any atom is -0.497 e. The maximum atomic E-state index is 12.5. The van der Waals surface area contributed by atoms with Gasteiger partial charge in [-0.15, -0.1) is 10.2 Å². The van der Waals surface area contributed by atoms with Gasteiger partial charge in [-0.05, 0) is 43.3 Å². The maximum absolute atomic E-state index is 12.5. The van der Waals surface area contributed by atoms with E-state index in [1.165, 1.54) is 11.8 Å². The summed E-state index contributed by atoms with van der Waals surface area (Å²) in [5.74, 6) is 2.66. The van der Waals surface area contributed by atoms with Gasteiger partial charge < -0.3 is 19.5 Å². The summed E-state index contributed by atoms with van der Waals surface area (Å²) in [5, 5.41) is 11.8. The van der Waals surface area contributed by atoms with Crippen molar-refractivity contribution in [3.63, 3.8) is 0 Å². The van der Waals surface area contributed by atoms with Crippen molar-refractivity contribution in [3.05, 3.63) is 48.3 Å². The average molecular weight is 414 g/mol. The SMILES string of the molecule is COc1ccc(-n2c(C)nnc2SCC(=O)Nc2ccc(OC)cc2OC)cc1. The highest BCUT2D eigenvalue weighted by Gasteiger charge is 2.15. The lowest BCUT2D eigenvalue weighted by atomic mass is 10.2. The molecule has 152 valence electrons. The molecule has 0 unspecified atom stereocenters. The van der Waals surface area contributed by atoms with Gasteiger partial charge in [0.15, 0.2) is 5.16 Å². The topological polar surface area (TPSA) is 87.5 Å². The minimum atomic E-state index is -0.180. The summed E-state index contributed by atoms with van der Waals surface area (Å²) in [6.07, 6.45) is 0. The molecule has 1 amide bonds. The van der Waals surface area contributed by atoms with Crippen molar-refractivity contribution in [1.29, 1.82) is 0 Å². The third kappa shape index (κ3) is 4.80. The third-order valence-corrected chi connectivity index (χ3v) is 5.07. The van der Waals surface area contributed by atoms with Gasteiger partial charge in [-0.1, -0.05) is 11.8 Å². The van der Waals surface area contributed by atoms with Crippen LogP contribution in [-0.2, 0) is 4.79 Å². The number of carbonyl (C=O) groups excluding carboxylic acids is 1. The van der Waals surface area contributed by atoms with E-state index in [9.17, 15) is 4.79 Å². The highest BCUT2D eigenvalue weighted by Crippen LogP contribution is 2.29. The Kier molecular flexibility index (Phi) is 6.61. The Bertz CT molecular complexity index is 989. The summed E-state index contributed by atoms with van der Waals surface area (Å²) in [6.45, 7) is 1.86. The van der Waals surface area contributed by atoms with Gasteiger partial charge in [-0.2, -0.15) is 0 Å². The molecular weight excluding hydrogens is 392 g/mol. The number of aromatic nitrogens is 3. The van der Waals surface area contributed by atoms with Gasteiger partial charge >= 0.3 is 0 Å². The first-order valence-electron chi connectivity index (χ1n) is 8.77. The zero-order chi connectivity index (χ0) is 20.8. The van der Waals surface area contributed by atoms with E-state index < -0.39 is 0 Å². The van der Waals surface area contributed by atoms with Gasteiger partial charge in [0.05, 0.1) is 32.8 Å². The zero-order valence-corrected chi connectivity index (χ0v) is 17.4. The van der Waals surface area contributed by atoms with Gasteiger partial charge in [-0.3, -0.25) is 9.36 Å². The van der Waals surface area contributed by atoms with E-state index >= 15 is 0 Å². The number of hydrogen-bond acceptors (Lipinski definition) is 7. The van der Waals surface area contributed by atoms with Gasteiger partial charge in [-0.25, -0.2) is 0 Å². The Balaban J connectivity index is 1.70. The number of hydrogen-bond donors (Lipinski definition) is 1. The van der Waals surface area contributed by atoms with Gasteiger partial charge in [0.2, 0.25) is 5.91 Å². The van der Waals surface area contributed by atoms with Crippen LogP contribution < -0.4 is 19.5 Å². The van der Waals surface area contributed by atoms with Crippen LogP contribution in [0.1, 0.15) is 5.82 Å². The van der Waals surface area contributed by atoms with Gasteiger partial charge in [0, 0.05) is 11.8 Å². The maximum Gasteiger partial charge on any atom is 0.234 e. The average Bonchev–Trinajstić information content (AvgIpc) is 3.12. The molecular formula is C20H22N4O4S. The van der Waals surface area contributed by atoms with Crippen LogP contribution in [-0.4, -0.2) is 47.8 Å². The van der Waals surface area contributed by atoms with Crippen molar-refractivity contribution in [2.24, 2.45) is 0 Å². The second-order valence-electron chi connectivity index (χ2n) is 5.97. The Morgan fingerprint density at radius 3 is 2.34 bits per heavy atom. The van der Waals surface area contributed by atoms with Crippen molar-refractivity contribution in [2.45, 2.75) is 12.1 Å². The van der Waals surface area contributed by atoms with Crippen molar-refractivity contribution >= 4 is 23.4 Å². The summed E-state index contributed by atoms with van der Waals surface area (Å²) >= 11 is 1.30. The summed E-state index contributed by atoms with van der Waals surface area (Å²) in [6, 6.07) is 12.8. The normalized spacial score (nSPS) is 10.5. The molecule has 0 aliphatic heterocycles. The van der Waals surface area contributed by atoms with E-state index in [0.29, 0.717) is 22.3 Å². The molecule has 0 bridgehead atoms. The van der Waals surface area contributed by atoms with Gasteiger partial charge in [0.25, 0.3) is 0 Å². The third-order valence-electron chi connectivity index (χ3n) is 4.14. The first-order chi connectivity index (χ1) is 14.0. The second-order valence-corrected chi connectivity index (χ2v) is 6.91. The van der Waals surface area contributed by atoms with Crippen LogP contribution in [0, 0.1) is 6.92 Å². The zero-order valence-electron chi connectivity index (χ0n) is 16.6. The smallest absolute Gasteiger partial charge is 0.234 e. The van der Waals surface area contributed by atoms with Crippen LogP contribution in [0.3, 0.4) is 0 Å². The molecule has 1 aromatic heterocycles. The van der Waals surface area contributed by atoms with Crippen molar-refractivity contribution < 1.29 is 19.0 Å². The van der Waals surface area contributed by atoms with E-state index in [0.717, 1.165) is 17.3 Å². The number of nitrogens with zero attached hydrogens (tertiary/aromatic N) is 3. The lowest BCUT2D eigenvalue weighted by molar-refractivity contribution is -0.113. The van der Waals surface area contributed by atoms with E-state index in [-0.39, 0.29) is 11.7 Å².